The Morgan fingerprint density at radius 2 is 1.91 bits per heavy atom. The lowest BCUT2D eigenvalue weighted by Gasteiger charge is -2.36. The highest BCUT2D eigenvalue weighted by Crippen LogP contribution is 2.46. The fourth-order valence-electron chi connectivity index (χ4n) is 1.46. The molecule has 0 heterocycles. The summed E-state index contributed by atoms with van der Waals surface area (Å²) in [6.07, 6.45) is 3.51. The molecule has 0 aliphatic heterocycles. The van der Waals surface area contributed by atoms with Crippen LogP contribution >= 0.6 is 11.6 Å². The molecule has 2 rings (SSSR count). The molecule has 1 saturated carbocycles. The summed E-state index contributed by atoms with van der Waals surface area (Å²) in [4.78, 5) is -0.0326. The SMILES string of the molecule is ClC1(c2cc[c]cc2)CCC1. The number of alkyl halides is 1. The van der Waals surface area contributed by atoms with Gasteiger partial charge in [-0.3, -0.25) is 0 Å². The lowest BCUT2D eigenvalue weighted by atomic mass is 9.79. The predicted molar refractivity (Wildman–Crippen MR) is 46.7 cm³/mol. The van der Waals surface area contributed by atoms with E-state index in [0.717, 1.165) is 12.8 Å². The first kappa shape index (κ1) is 7.17. The Balaban J connectivity index is 2.29. The van der Waals surface area contributed by atoms with E-state index >= 15 is 0 Å². The highest BCUT2D eigenvalue weighted by Gasteiger charge is 2.35. The Kier molecular flexibility index (Phi) is 1.65. The second kappa shape index (κ2) is 2.53. The van der Waals surface area contributed by atoms with Gasteiger partial charge in [-0.1, -0.05) is 24.3 Å². The molecule has 0 atom stereocenters. The molecule has 0 saturated heterocycles. The van der Waals surface area contributed by atoms with E-state index in [1.807, 2.05) is 12.1 Å². The summed E-state index contributed by atoms with van der Waals surface area (Å²) in [7, 11) is 0. The maximum atomic E-state index is 6.32. The molecule has 1 aliphatic carbocycles. The number of hydrogen-bond donors (Lipinski definition) is 0. The molecular weight excluding hydrogens is 156 g/mol. The van der Waals surface area contributed by atoms with Crippen LogP contribution in [0.5, 0.6) is 0 Å². The molecular formula is C10H10Cl. The Morgan fingerprint density at radius 1 is 1.27 bits per heavy atom. The molecule has 0 bridgehead atoms. The van der Waals surface area contributed by atoms with Crippen molar-refractivity contribution in [1.29, 1.82) is 0 Å². The highest BCUT2D eigenvalue weighted by atomic mass is 35.5. The summed E-state index contributed by atoms with van der Waals surface area (Å²) in [6, 6.07) is 11.0. The van der Waals surface area contributed by atoms with Crippen LogP contribution in [0.4, 0.5) is 0 Å². The molecule has 0 aromatic heterocycles. The summed E-state index contributed by atoms with van der Waals surface area (Å²) in [5, 5.41) is 0. The van der Waals surface area contributed by atoms with Crippen molar-refractivity contribution in [2.24, 2.45) is 0 Å². The van der Waals surface area contributed by atoms with Crippen molar-refractivity contribution in [2.45, 2.75) is 24.1 Å². The Morgan fingerprint density at radius 3 is 2.36 bits per heavy atom. The minimum Gasteiger partial charge on any atom is -0.114 e. The topological polar surface area (TPSA) is 0 Å². The van der Waals surface area contributed by atoms with E-state index in [1.54, 1.807) is 0 Å². The zero-order valence-electron chi connectivity index (χ0n) is 6.31. The quantitative estimate of drug-likeness (QED) is 0.561. The van der Waals surface area contributed by atoms with E-state index < -0.39 is 0 Å². The van der Waals surface area contributed by atoms with Gasteiger partial charge >= 0.3 is 0 Å². The molecule has 0 spiro atoms. The lowest BCUT2D eigenvalue weighted by Crippen LogP contribution is -2.27. The molecule has 0 nitrogen and oxygen atoms in total. The van der Waals surface area contributed by atoms with Gasteiger partial charge in [-0.05, 0) is 30.9 Å². The van der Waals surface area contributed by atoms with Gasteiger partial charge in [0.05, 0.1) is 4.87 Å². The Hall–Kier alpha value is -0.490. The smallest absolute Gasteiger partial charge is 0.0695 e. The van der Waals surface area contributed by atoms with Gasteiger partial charge in [0.1, 0.15) is 0 Å². The molecule has 1 aromatic carbocycles. The third-order valence-electron chi connectivity index (χ3n) is 2.38. The van der Waals surface area contributed by atoms with Crippen LogP contribution in [-0.2, 0) is 4.87 Å². The van der Waals surface area contributed by atoms with Crippen LogP contribution in [-0.4, -0.2) is 0 Å². The summed E-state index contributed by atoms with van der Waals surface area (Å²) in [5.41, 5.74) is 1.25. The van der Waals surface area contributed by atoms with E-state index in [0.29, 0.717) is 0 Å². The monoisotopic (exact) mass is 165 g/mol. The normalized spacial score (nSPS) is 20.8. The molecule has 11 heavy (non-hydrogen) atoms. The van der Waals surface area contributed by atoms with Crippen molar-refractivity contribution in [2.75, 3.05) is 0 Å². The fraction of sp³-hybridized carbons (Fsp3) is 0.400. The zero-order chi connectivity index (χ0) is 7.73. The fourth-order valence-corrected chi connectivity index (χ4v) is 1.85. The van der Waals surface area contributed by atoms with Crippen LogP contribution in [0.25, 0.3) is 0 Å². The van der Waals surface area contributed by atoms with E-state index in [2.05, 4.69) is 18.2 Å². The van der Waals surface area contributed by atoms with Crippen LogP contribution in [0.2, 0.25) is 0 Å². The van der Waals surface area contributed by atoms with Crippen LogP contribution in [0.15, 0.2) is 24.3 Å². The molecule has 1 aromatic rings. The van der Waals surface area contributed by atoms with Gasteiger partial charge < -0.3 is 0 Å². The van der Waals surface area contributed by atoms with Crippen molar-refractivity contribution in [3.63, 3.8) is 0 Å². The number of benzene rings is 1. The van der Waals surface area contributed by atoms with Crippen LogP contribution in [0, 0.1) is 6.07 Å². The first-order chi connectivity index (χ1) is 5.31. The van der Waals surface area contributed by atoms with Crippen LogP contribution in [0.1, 0.15) is 24.8 Å². The first-order valence-corrected chi connectivity index (χ1v) is 4.35. The number of halogens is 1. The highest BCUT2D eigenvalue weighted by molar-refractivity contribution is 6.24. The summed E-state index contributed by atoms with van der Waals surface area (Å²) >= 11 is 6.32. The van der Waals surface area contributed by atoms with Gasteiger partial charge in [0.15, 0.2) is 0 Å². The third kappa shape index (κ3) is 1.16. The first-order valence-electron chi connectivity index (χ1n) is 3.97. The van der Waals surface area contributed by atoms with E-state index in [9.17, 15) is 0 Å². The zero-order valence-corrected chi connectivity index (χ0v) is 7.06. The molecule has 0 N–H and O–H groups in total. The number of rotatable bonds is 1. The van der Waals surface area contributed by atoms with Crippen molar-refractivity contribution < 1.29 is 0 Å². The van der Waals surface area contributed by atoms with Gasteiger partial charge in [0.2, 0.25) is 0 Å². The van der Waals surface area contributed by atoms with Gasteiger partial charge in [0, 0.05) is 0 Å². The van der Waals surface area contributed by atoms with Gasteiger partial charge in [-0.15, -0.1) is 11.6 Å². The second-order valence-electron chi connectivity index (χ2n) is 3.11. The maximum Gasteiger partial charge on any atom is 0.0695 e. The third-order valence-corrected chi connectivity index (χ3v) is 2.98. The van der Waals surface area contributed by atoms with Crippen molar-refractivity contribution in [1.82, 2.24) is 0 Å². The van der Waals surface area contributed by atoms with E-state index in [-0.39, 0.29) is 4.87 Å². The van der Waals surface area contributed by atoms with Gasteiger partial charge in [-0.25, -0.2) is 0 Å². The molecule has 0 unspecified atom stereocenters. The second-order valence-corrected chi connectivity index (χ2v) is 3.83. The van der Waals surface area contributed by atoms with Crippen molar-refractivity contribution in [3.8, 4) is 0 Å². The molecule has 1 aliphatic rings. The van der Waals surface area contributed by atoms with Crippen molar-refractivity contribution in [3.05, 3.63) is 35.9 Å². The molecule has 0 amide bonds. The molecule has 57 valence electrons. The molecule has 1 fully saturated rings. The summed E-state index contributed by atoms with van der Waals surface area (Å²) in [6.45, 7) is 0. The van der Waals surface area contributed by atoms with Gasteiger partial charge in [0.25, 0.3) is 0 Å². The Bertz CT molecular complexity index is 236. The average molecular weight is 166 g/mol. The Labute approximate surface area is 72.2 Å². The van der Waals surface area contributed by atoms with Crippen LogP contribution < -0.4 is 0 Å². The summed E-state index contributed by atoms with van der Waals surface area (Å²) < 4.78 is 0. The van der Waals surface area contributed by atoms with Crippen LogP contribution in [0.3, 0.4) is 0 Å². The number of hydrogen-bond acceptors (Lipinski definition) is 0. The van der Waals surface area contributed by atoms with Gasteiger partial charge in [-0.2, -0.15) is 0 Å². The maximum absolute atomic E-state index is 6.32. The van der Waals surface area contributed by atoms with E-state index in [1.165, 1.54) is 12.0 Å². The summed E-state index contributed by atoms with van der Waals surface area (Å²) in [5.74, 6) is 0. The average Bonchev–Trinajstić information content (AvgIpc) is 2.02. The minimum atomic E-state index is -0.0326. The molecule has 1 heteroatoms. The molecule has 1 radical (unpaired) electrons. The van der Waals surface area contributed by atoms with Crippen molar-refractivity contribution >= 4 is 11.6 Å². The minimum absolute atomic E-state index is 0.0326. The predicted octanol–water partition coefficient (Wildman–Crippen LogP) is 3.10. The van der Waals surface area contributed by atoms with E-state index in [4.69, 9.17) is 11.6 Å². The lowest BCUT2D eigenvalue weighted by molar-refractivity contribution is 0.363. The standard InChI is InChI=1S/C10H10Cl/c11-10(7-4-8-10)9-5-2-1-3-6-9/h2-3,5-6H,4,7-8H2. The largest absolute Gasteiger partial charge is 0.114 e.